The fourth-order valence-electron chi connectivity index (χ4n) is 1.92. The van der Waals surface area contributed by atoms with Gasteiger partial charge in [0.2, 0.25) is 15.9 Å². The van der Waals surface area contributed by atoms with E-state index in [-0.39, 0.29) is 11.4 Å². The number of hydrogen-bond acceptors (Lipinski definition) is 5. The Kier molecular flexibility index (Phi) is 4.60. The maximum absolute atomic E-state index is 13.1. The molecule has 0 radical (unpaired) electrons. The van der Waals surface area contributed by atoms with Crippen molar-refractivity contribution in [1.82, 2.24) is 8.68 Å². The lowest BCUT2D eigenvalue weighted by molar-refractivity contribution is 0.387. The van der Waals surface area contributed by atoms with Crippen molar-refractivity contribution in [2.75, 3.05) is 14.2 Å². The molecule has 1 heterocycles. The zero-order chi connectivity index (χ0) is 15.6. The molecule has 0 aliphatic rings. The number of aromatic nitrogens is 1. The molecule has 1 aromatic carbocycles. The van der Waals surface area contributed by atoms with Gasteiger partial charge in [-0.25, -0.2) is 12.8 Å². The Balaban J connectivity index is 2.31. The molecule has 0 bridgehead atoms. The first-order valence-electron chi connectivity index (χ1n) is 6.06. The Morgan fingerprint density at radius 1 is 1.43 bits per heavy atom. The molecule has 2 rings (SSSR count). The van der Waals surface area contributed by atoms with Gasteiger partial charge in [0.25, 0.3) is 0 Å². The fraction of sp³-hybridized carbons (Fsp3) is 0.308. The molecule has 21 heavy (non-hydrogen) atoms. The van der Waals surface area contributed by atoms with Gasteiger partial charge in [-0.1, -0.05) is 0 Å². The molecule has 0 spiro atoms. The molecule has 8 heteroatoms. The second kappa shape index (κ2) is 6.08. The van der Waals surface area contributed by atoms with Gasteiger partial charge in [-0.2, -0.15) is 8.68 Å². The van der Waals surface area contributed by atoms with Crippen LogP contribution in [0.1, 0.15) is 11.1 Å². The van der Waals surface area contributed by atoms with Crippen LogP contribution in [-0.4, -0.2) is 31.3 Å². The highest BCUT2D eigenvalue weighted by atomic mass is 32.2. The minimum absolute atomic E-state index is 0.0913. The average Bonchev–Trinajstić information content (AvgIpc) is 2.85. The van der Waals surface area contributed by atoms with E-state index < -0.39 is 15.8 Å². The van der Waals surface area contributed by atoms with Gasteiger partial charge < -0.3 is 4.74 Å². The van der Waals surface area contributed by atoms with E-state index in [1.165, 1.54) is 42.1 Å². The first kappa shape index (κ1) is 15.9. The quantitative estimate of drug-likeness (QED) is 0.845. The van der Waals surface area contributed by atoms with Crippen LogP contribution >= 0.6 is 11.5 Å². The molecule has 0 saturated heterocycles. The number of hydrogen-bond donors (Lipinski definition) is 0. The van der Waals surface area contributed by atoms with Gasteiger partial charge in [0.05, 0.1) is 12.0 Å². The summed E-state index contributed by atoms with van der Waals surface area (Å²) in [5.74, 6) is -0.0457. The van der Waals surface area contributed by atoms with Crippen molar-refractivity contribution in [3.05, 3.63) is 40.5 Å². The summed E-state index contributed by atoms with van der Waals surface area (Å²) in [5, 5.41) is 1.74. The van der Waals surface area contributed by atoms with Crippen LogP contribution in [0.3, 0.4) is 0 Å². The zero-order valence-corrected chi connectivity index (χ0v) is 13.5. The number of nitrogens with zero attached hydrogens (tertiary/aromatic N) is 2. The predicted molar refractivity (Wildman–Crippen MR) is 78.5 cm³/mol. The van der Waals surface area contributed by atoms with Crippen molar-refractivity contribution in [2.45, 2.75) is 18.4 Å². The topological polar surface area (TPSA) is 59.5 Å². The molecule has 5 nitrogen and oxygen atoms in total. The first-order valence-corrected chi connectivity index (χ1v) is 8.33. The van der Waals surface area contributed by atoms with E-state index in [1.807, 2.05) is 0 Å². The number of methoxy groups -OCH3 is 1. The summed E-state index contributed by atoms with van der Waals surface area (Å²) in [6, 6.07) is 3.62. The summed E-state index contributed by atoms with van der Waals surface area (Å²) in [6.45, 7) is 1.70. The summed E-state index contributed by atoms with van der Waals surface area (Å²) >= 11 is 1.20. The number of benzene rings is 1. The molecule has 0 aliphatic carbocycles. The minimum atomic E-state index is -3.70. The van der Waals surface area contributed by atoms with Crippen molar-refractivity contribution in [3.63, 3.8) is 0 Å². The number of ether oxygens (including phenoxy) is 1. The van der Waals surface area contributed by atoms with Crippen LogP contribution in [0, 0.1) is 12.7 Å². The molecule has 2 aromatic rings. The van der Waals surface area contributed by atoms with Gasteiger partial charge in [0.15, 0.2) is 0 Å². The van der Waals surface area contributed by atoms with Crippen LogP contribution < -0.4 is 4.74 Å². The molecule has 114 valence electrons. The van der Waals surface area contributed by atoms with E-state index in [2.05, 4.69) is 4.37 Å². The lowest BCUT2D eigenvalue weighted by Crippen LogP contribution is -2.27. The summed E-state index contributed by atoms with van der Waals surface area (Å²) < 4.78 is 48.5. The summed E-state index contributed by atoms with van der Waals surface area (Å²) in [6.07, 6.45) is 0. The molecule has 0 fully saturated rings. The Morgan fingerprint density at radius 3 is 2.76 bits per heavy atom. The molecule has 0 saturated carbocycles. The Morgan fingerprint density at radius 2 is 2.14 bits per heavy atom. The van der Waals surface area contributed by atoms with Crippen molar-refractivity contribution in [3.8, 4) is 5.88 Å². The minimum Gasteiger partial charge on any atom is -0.480 e. The number of aryl methyl sites for hydroxylation is 1. The largest absolute Gasteiger partial charge is 0.480 e. The van der Waals surface area contributed by atoms with E-state index in [0.29, 0.717) is 17.0 Å². The number of rotatable bonds is 5. The highest BCUT2D eigenvalue weighted by molar-refractivity contribution is 7.89. The van der Waals surface area contributed by atoms with Crippen LogP contribution in [-0.2, 0) is 16.6 Å². The van der Waals surface area contributed by atoms with Gasteiger partial charge in [-0.15, -0.1) is 0 Å². The normalized spacial score (nSPS) is 11.9. The Bertz CT molecular complexity index is 744. The molecule has 0 N–H and O–H groups in total. The molecule has 1 aromatic heterocycles. The first-order chi connectivity index (χ1) is 9.86. The average molecular weight is 330 g/mol. The standard InChI is InChI=1S/C13H15FN2O3S2/c1-9-6-11(14)4-5-12(9)21(17,18)16(2)7-10-8-20-15-13(10)19-3/h4-6,8H,7H2,1-3H3. The second-order valence-electron chi connectivity index (χ2n) is 4.52. The summed E-state index contributed by atoms with van der Waals surface area (Å²) in [5.41, 5.74) is 1.06. The zero-order valence-electron chi connectivity index (χ0n) is 11.8. The van der Waals surface area contributed by atoms with E-state index >= 15 is 0 Å². The number of halogens is 1. The number of sulfonamides is 1. The predicted octanol–water partition coefficient (Wildman–Crippen LogP) is 2.42. The summed E-state index contributed by atoms with van der Waals surface area (Å²) in [7, 11) is -0.749. The van der Waals surface area contributed by atoms with Gasteiger partial charge in [-0.05, 0) is 42.2 Å². The van der Waals surface area contributed by atoms with Crippen molar-refractivity contribution in [1.29, 1.82) is 0 Å². The van der Waals surface area contributed by atoms with E-state index in [1.54, 1.807) is 12.3 Å². The van der Waals surface area contributed by atoms with Gasteiger partial charge >= 0.3 is 0 Å². The van der Waals surface area contributed by atoms with Gasteiger partial charge in [0, 0.05) is 24.5 Å². The van der Waals surface area contributed by atoms with E-state index in [4.69, 9.17) is 4.74 Å². The third-order valence-electron chi connectivity index (χ3n) is 3.02. The third kappa shape index (κ3) is 3.22. The second-order valence-corrected chi connectivity index (χ2v) is 7.16. The Labute approximate surface area is 127 Å². The molecule has 0 amide bonds. The van der Waals surface area contributed by atoms with E-state index in [9.17, 15) is 12.8 Å². The molecule has 0 unspecified atom stereocenters. The highest BCUT2D eigenvalue weighted by Crippen LogP contribution is 2.25. The molecule has 0 aliphatic heterocycles. The lowest BCUT2D eigenvalue weighted by Gasteiger charge is -2.18. The van der Waals surface area contributed by atoms with Gasteiger partial charge in [0.1, 0.15) is 5.82 Å². The third-order valence-corrected chi connectivity index (χ3v) is 5.64. The molecule has 0 atom stereocenters. The summed E-state index contributed by atoms with van der Waals surface area (Å²) in [4.78, 5) is 0.0913. The maximum Gasteiger partial charge on any atom is 0.243 e. The van der Waals surface area contributed by atoms with Crippen molar-refractivity contribution >= 4 is 21.6 Å². The van der Waals surface area contributed by atoms with Crippen LogP contribution in [0.5, 0.6) is 5.88 Å². The van der Waals surface area contributed by atoms with Gasteiger partial charge in [-0.3, -0.25) is 0 Å². The van der Waals surface area contributed by atoms with Crippen LogP contribution in [0.15, 0.2) is 28.5 Å². The molecular formula is C13H15FN2O3S2. The molecular weight excluding hydrogens is 315 g/mol. The van der Waals surface area contributed by atoms with Crippen molar-refractivity contribution in [2.24, 2.45) is 0 Å². The van der Waals surface area contributed by atoms with Crippen LogP contribution in [0.2, 0.25) is 0 Å². The van der Waals surface area contributed by atoms with Crippen LogP contribution in [0.4, 0.5) is 4.39 Å². The van der Waals surface area contributed by atoms with E-state index in [0.717, 1.165) is 6.07 Å². The Hall–Kier alpha value is -1.51. The fourth-order valence-corrected chi connectivity index (χ4v) is 3.91. The smallest absolute Gasteiger partial charge is 0.243 e. The SMILES string of the molecule is COc1nscc1CN(C)S(=O)(=O)c1ccc(F)cc1C. The van der Waals surface area contributed by atoms with Crippen molar-refractivity contribution < 1.29 is 17.5 Å². The lowest BCUT2D eigenvalue weighted by atomic mass is 10.2. The maximum atomic E-state index is 13.1. The monoisotopic (exact) mass is 330 g/mol. The highest BCUT2D eigenvalue weighted by Gasteiger charge is 2.24. The van der Waals surface area contributed by atoms with Crippen LogP contribution in [0.25, 0.3) is 0 Å².